The van der Waals surface area contributed by atoms with Gasteiger partial charge in [-0.25, -0.2) is 0 Å². The van der Waals surface area contributed by atoms with Crippen molar-refractivity contribution < 1.29 is 39.5 Å². The maximum atomic E-state index is 12.6. The van der Waals surface area contributed by atoms with E-state index in [1.807, 2.05) is 0 Å². The van der Waals surface area contributed by atoms with Crippen LogP contribution in [-0.4, -0.2) is 5.92 Å². The van der Waals surface area contributed by atoms with Crippen LogP contribution in [0.3, 0.4) is 0 Å². The van der Waals surface area contributed by atoms with Crippen molar-refractivity contribution in [3.8, 4) is 0 Å². The summed E-state index contributed by atoms with van der Waals surface area (Å²) in [5.74, 6) is -24.6. The smallest absolute Gasteiger partial charge is 0.198 e. The molecule has 94 valence electrons. The molecule has 0 bridgehead atoms. The van der Waals surface area contributed by atoms with Crippen molar-refractivity contribution >= 4 is 0 Å². The van der Waals surface area contributed by atoms with Gasteiger partial charge in [-0.3, -0.25) is 0 Å². The Morgan fingerprint density at radius 3 is 1.65 bits per heavy atom. The Hall–Kier alpha value is -1.54. The normalized spacial score (nSPS) is 34.8. The Morgan fingerprint density at radius 2 is 1.18 bits per heavy atom. The van der Waals surface area contributed by atoms with Gasteiger partial charge in [-0.05, 0) is 0 Å². The third-order valence-electron chi connectivity index (χ3n) is 1.71. The first-order chi connectivity index (χ1) is 7.62. The lowest BCUT2D eigenvalue weighted by atomic mass is 10.1. The zero-order chi connectivity index (χ0) is 13.5. The molecule has 0 N–H and O–H groups in total. The predicted octanol–water partition coefficient (Wildman–Crippen LogP) is 4.59. The standard InChI is InChI=1S/C8F9/c9-1-2(10)4(12)6(14)8(16,17)7(15)5(13)3(1)11/q+1/b2-1-,6-4-,7-5-. The van der Waals surface area contributed by atoms with E-state index in [1.165, 1.54) is 0 Å². The van der Waals surface area contributed by atoms with E-state index in [-0.39, 0.29) is 0 Å². The lowest BCUT2D eigenvalue weighted by molar-refractivity contribution is 0.0250. The molecule has 0 radical (unpaired) electrons. The lowest BCUT2D eigenvalue weighted by Gasteiger charge is -2.10. The van der Waals surface area contributed by atoms with E-state index < -0.39 is 47.1 Å². The summed E-state index contributed by atoms with van der Waals surface area (Å²) in [5.41, 5.74) is 0. The van der Waals surface area contributed by atoms with Crippen LogP contribution in [0.5, 0.6) is 0 Å². The van der Waals surface area contributed by atoms with Crippen molar-refractivity contribution in [3.63, 3.8) is 0 Å². The molecule has 0 aliphatic heterocycles. The molecule has 0 aromatic carbocycles. The van der Waals surface area contributed by atoms with E-state index in [1.54, 1.807) is 0 Å². The van der Waals surface area contributed by atoms with Gasteiger partial charge in [0.1, 0.15) is 0 Å². The Kier molecular flexibility index (Phi) is 3.22. The Labute approximate surface area is 87.7 Å². The maximum absolute atomic E-state index is 12.6. The third-order valence-corrected chi connectivity index (χ3v) is 1.71. The average molecular weight is 267 g/mol. The van der Waals surface area contributed by atoms with E-state index in [2.05, 4.69) is 0 Å². The van der Waals surface area contributed by atoms with Gasteiger partial charge in [-0.1, -0.05) is 0 Å². The number of alkyl halides is 2. The predicted molar refractivity (Wildman–Crippen MR) is 37.0 cm³/mol. The molecule has 0 amide bonds. The second-order valence-electron chi connectivity index (χ2n) is 2.77. The molecule has 0 aromatic rings. The van der Waals surface area contributed by atoms with Crippen molar-refractivity contribution in [1.29, 1.82) is 0 Å². The van der Waals surface area contributed by atoms with Gasteiger partial charge in [-0.15, -0.1) is 13.2 Å². The van der Waals surface area contributed by atoms with Crippen LogP contribution in [0.1, 0.15) is 0 Å². The molecule has 1 aliphatic carbocycles. The van der Waals surface area contributed by atoms with Crippen molar-refractivity contribution in [3.05, 3.63) is 41.1 Å². The van der Waals surface area contributed by atoms with Gasteiger partial charge in [0.2, 0.25) is 5.83 Å². The zero-order valence-corrected chi connectivity index (χ0v) is 7.40. The van der Waals surface area contributed by atoms with Crippen LogP contribution in [0.2, 0.25) is 0 Å². The minimum atomic E-state index is -5.57. The Balaban J connectivity index is 3.67. The van der Waals surface area contributed by atoms with E-state index in [0.717, 1.165) is 0 Å². The van der Waals surface area contributed by atoms with Gasteiger partial charge in [0.15, 0.2) is 0 Å². The van der Waals surface area contributed by atoms with Crippen LogP contribution in [0.25, 0.3) is 0 Å². The largest absolute Gasteiger partial charge is 0.400 e. The van der Waals surface area contributed by atoms with E-state index in [9.17, 15) is 39.5 Å². The Morgan fingerprint density at radius 1 is 0.706 bits per heavy atom. The highest BCUT2D eigenvalue weighted by Gasteiger charge is 2.57. The van der Waals surface area contributed by atoms with Gasteiger partial charge < -0.3 is 0 Å². The molecule has 0 heterocycles. The van der Waals surface area contributed by atoms with Crippen LogP contribution >= 0.6 is 0 Å². The highest BCUT2D eigenvalue weighted by Crippen LogP contribution is 2.46. The number of rotatable bonds is 0. The first-order valence-corrected chi connectivity index (χ1v) is 3.70. The van der Waals surface area contributed by atoms with Crippen molar-refractivity contribution in [1.82, 2.24) is 0 Å². The van der Waals surface area contributed by atoms with Gasteiger partial charge in [0.05, 0.1) is 0 Å². The molecule has 1 aliphatic rings. The fourth-order valence-electron chi connectivity index (χ4n) is 0.854. The highest BCUT2D eigenvalue weighted by atomic mass is 19.3. The molecule has 0 saturated carbocycles. The number of allylic oxidation sites excluding steroid dienone is 6. The van der Waals surface area contributed by atoms with Crippen LogP contribution in [0, 0.1) is 6.17 Å². The van der Waals surface area contributed by atoms with Crippen molar-refractivity contribution in [2.75, 3.05) is 0 Å². The monoisotopic (exact) mass is 267 g/mol. The van der Waals surface area contributed by atoms with Crippen LogP contribution in [0.4, 0.5) is 39.5 Å². The molecule has 0 saturated heterocycles. The topological polar surface area (TPSA) is 0 Å². The summed E-state index contributed by atoms with van der Waals surface area (Å²) in [7, 11) is 0. The molecule has 1 rings (SSSR count). The molecular formula is C8F9+. The number of hydrogen-bond acceptors (Lipinski definition) is 0. The molecule has 0 aromatic heterocycles. The SMILES string of the molecule is FC1=C(\F)[C+](F)/C(F)=C(/F)C(F)(F)/C(F)=C\1F. The van der Waals surface area contributed by atoms with Gasteiger partial charge >= 0.3 is 29.6 Å². The molecule has 17 heavy (non-hydrogen) atoms. The average Bonchev–Trinajstić information content (AvgIpc) is 2.31. The summed E-state index contributed by atoms with van der Waals surface area (Å²) in [4.78, 5) is 0. The summed E-state index contributed by atoms with van der Waals surface area (Å²) in [6.45, 7) is 0. The maximum Gasteiger partial charge on any atom is 0.400 e. The minimum absolute atomic E-state index is 2.96. The van der Waals surface area contributed by atoms with Gasteiger partial charge in [0.25, 0.3) is 11.7 Å². The molecule has 0 unspecified atom stereocenters. The fourth-order valence-corrected chi connectivity index (χ4v) is 0.854. The third kappa shape index (κ3) is 1.89. The quantitative estimate of drug-likeness (QED) is 0.445. The molecule has 0 fully saturated rings. The van der Waals surface area contributed by atoms with E-state index >= 15 is 0 Å². The number of halogens is 9. The molecule has 0 atom stereocenters. The summed E-state index contributed by atoms with van der Waals surface area (Å²) in [6.07, 6.45) is -3.03. The molecule has 0 nitrogen and oxygen atoms in total. The highest BCUT2D eigenvalue weighted by molar-refractivity contribution is 5.44. The van der Waals surface area contributed by atoms with Gasteiger partial charge in [-0.2, -0.15) is 26.3 Å². The van der Waals surface area contributed by atoms with Crippen molar-refractivity contribution in [2.24, 2.45) is 0 Å². The van der Waals surface area contributed by atoms with Crippen LogP contribution in [0.15, 0.2) is 35.0 Å². The first kappa shape index (κ1) is 13.5. The lowest BCUT2D eigenvalue weighted by Crippen LogP contribution is -2.22. The summed E-state index contributed by atoms with van der Waals surface area (Å²) >= 11 is 0. The molecular weight excluding hydrogens is 267 g/mol. The first-order valence-electron chi connectivity index (χ1n) is 3.70. The second-order valence-corrected chi connectivity index (χ2v) is 2.77. The van der Waals surface area contributed by atoms with Crippen molar-refractivity contribution in [2.45, 2.75) is 5.92 Å². The molecule has 9 heteroatoms. The number of hydrogen-bond donors (Lipinski definition) is 0. The van der Waals surface area contributed by atoms with Crippen LogP contribution < -0.4 is 0 Å². The summed E-state index contributed by atoms with van der Waals surface area (Å²) in [6, 6.07) is 0. The van der Waals surface area contributed by atoms with Crippen LogP contribution in [-0.2, 0) is 0 Å². The summed E-state index contributed by atoms with van der Waals surface area (Å²) in [5, 5.41) is 0. The minimum Gasteiger partial charge on any atom is -0.198 e. The zero-order valence-electron chi connectivity index (χ0n) is 7.40. The van der Waals surface area contributed by atoms with E-state index in [4.69, 9.17) is 0 Å². The second kappa shape index (κ2) is 4.04. The Bertz CT molecular complexity index is 442. The fraction of sp³-hybridized carbons (Fsp3) is 0.125. The van der Waals surface area contributed by atoms with E-state index in [0.29, 0.717) is 0 Å². The van der Waals surface area contributed by atoms with Gasteiger partial charge in [0, 0.05) is 0 Å². The molecule has 0 spiro atoms. The summed E-state index contributed by atoms with van der Waals surface area (Å²) < 4.78 is 113.